The van der Waals surface area contributed by atoms with Crippen LogP contribution in [-0.4, -0.2) is 16.1 Å². The molecule has 1 heterocycles. The molecule has 0 atom stereocenters. The number of nitrogens with zero attached hydrogens (tertiary/aromatic N) is 1. The monoisotopic (exact) mass is 203 g/mol. The molecule has 2 rings (SSSR count). The molecule has 0 saturated heterocycles. The molecule has 0 unspecified atom stereocenters. The van der Waals surface area contributed by atoms with Crippen LogP contribution in [0, 0.1) is 6.92 Å². The Kier molecular flexibility index (Phi) is 2.25. The van der Waals surface area contributed by atoms with E-state index in [1.54, 1.807) is 31.2 Å². The summed E-state index contributed by atoms with van der Waals surface area (Å²) in [4.78, 5) is 14.9. The number of hydrogen-bond donors (Lipinski definition) is 1. The lowest BCUT2D eigenvalue weighted by Crippen LogP contribution is -1.95. The van der Waals surface area contributed by atoms with Crippen molar-refractivity contribution in [2.45, 2.75) is 6.92 Å². The topological polar surface area (TPSA) is 63.3 Å². The van der Waals surface area contributed by atoms with E-state index in [1.807, 2.05) is 0 Å². The summed E-state index contributed by atoms with van der Waals surface area (Å²) in [5.41, 5.74) is 1.63. The van der Waals surface area contributed by atoms with Gasteiger partial charge in [0.2, 0.25) is 0 Å². The van der Waals surface area contributed by atoms with Crippen molar-refractivity contribution >= 4 is 5.97 Å². The van der Waals surface area contributed by atoms with Crippen molar-refractivity contribution in [1.29, 1.82) is 0 Å². The number of oxazole rings is 1. The smallest absolute Gasteiger partial charge is 0.335 e. The lowest BCUT2D eigenvalue weighted by Gasteiger charge is -1.97. The Hall–Kier alpha value is -2.10. The zero-order chi connectivity index (χ0) is 10.8. The zero-order valence-corrected chi connectivity index (χ0v) is 8.10. The van der Waals surface area contributed by atoms with Gasteiger partial charge in [-0.15, -0.1) is 0 Å². The Morgan fingerprint density at radius 2 is 2.27 bits per heavy atom. The van der Waals surface area contributed by atoms with Gasteiger partial charge in [0, 0.05) is 12.5 Å². The Labute approximate surface area is 86.2 Å². The van der Waals surface area contributed by atoms with Crippen LogP contribution >= 0.6 is 0 Å². The maximum Gasteiger partial charge on any atom is 0.335 e. The van der Waals surface area contributed by atoms with Crippen molar-refractivity contribution in [1.82, 2.24) is 4.98 Å². The lowest BCUT2D eigenvalue weighted by molar-refractivity contribution is 0.0697. The van der Waals surface area contributed by atoms with Crippen LogP contribution in [0.25, 0.3) is 11.3 Å². The van der Waals surface area contributed by atoms with E-state index in [1.165, 1.54) is 6.26 Å². The molecule has 4 nitrogen and oxygen atoms in total. The van der Waals surface area contributed by atoms with E-state index in [0.717, 1.165) is 5.56 Å². The predicted molar refractivity (Wildman–Crippen MR) is 53.6 cm³/mol. The molecule has 0 fully saturated rings. The molecule has 0 aliphatic rings. The van der Waals surface area contributed by atoms with Crippen LogP contribution in [0.2, 0.25) is 0 Å². The summed E-state index contributed by atoms with van der Waals surface area (Å²) < 4.78 is 5.06. The van der Waals surface area contributed by atoms with Crippen LogP contribution in [0.5, 0.6) is 0 Å². The standard InChI is InChI=1S/C11H9NO3/c1-7-12-10(6-15-7)8-3-2-4-9(5-8)11(13)14/h2-6H,1H3,(H,13,14). The fraction of sp³-hybridized carbons (Fsp3) is 0.0909. The van der Waals surface area contributed by atoms with E-state index in [9.17, 15) is 4.79 Å². The van der Waals surface area contributed by atoms with Crippen LogP contribution in [0.3, 0.4) is 0 Å². The first-order valence-corrected chi connectivity index (χ1v) is 4.42. The third-order valence-electron chi connectivity index (χ3n) is 2.02. The predicted octanol–water partition coefficient (Wildman–Crippen LogP) is 2.35. The molecule has 76 valence electrons. The first-order chi connectivity index (χ1) is 7.16. The van der Waals surface area contributed by atoms with Gasteiger partial charge < -0.3 is 9.52 Å². The third kappa shape index (κ3) is 1.88. The van der Waals surface area contributed by atoms with Gasteiger partial charge in [-0.25, -0.2) is 9.78 Å². The van der Waals surface area contributed by atoms with Gasteiger partial charge in [0.05, 0.1) is 5.56 Å². The molecule has 4 heteroatoms. The minimum absolute atomic E-state index is 0.244. The summed E-state index contributed by atoms with van der Waals surface area (Å²) in [5.74, 6) is -0.386. The van der Waals surface area contributed by atoms with Crippen molar-refractivity contribution in [2.24, 2.45) is 0 Å². The van der Waals surface area contributed by atoms with Crippen molar-refractivity contribution in [3.05, 3.63) is 42.0 Å². The van der Waals surface area contributed by atoms with Crippen molar-refractivity contribution in [3.8, 4) is 11.3 Å². The lowest BCUT2D eigenvalue weighted by atomic mass is 10.1. The van der Waals surface area contributed by atoms with Crippen molar-refractivity contribution in [3.63, 3.8) is 0 Å². The van der Waals surface area contributed by atoms with E-state index in [0.29, 0.717) is 11.6 Å². The summed E-state index contributed by atoms with van der Waals surface area (Å²) in [5, 5.41) is 8.82. The van der Waals surface area contributed by atoms with Crippen molar-refractivity contribution in [2.75, 3.05) is 0 Å². The minimum atomic E-state index is -0.947. The number of aromatic carboxylic acids is 1. The average molecular weight is 203 g/mol. The number of aromatic nitrogens is 1. The van der Waals surface area contributed by atoms with E-state index in [-0.39, 0.29) is 5.56 Å². The second-order valence-electron chi connectivity index (χ2n) is 3.14. The summed E-state index contributed by atoms with van der Waals surface area (Å²) >= 11 is 0. The molecule has 0 aliphatic carbocycles. The Morgan fingerprint density at radius 1 is 1.47 bits per heavy atom. The van der Waals surface area contributed by atoms with Gasteiger partial charge in [-0.3, -0.25) is 0 Å². The summed E-state index contributed by atoms with van der Waals surface area (Å²) in [6, 6.07) is 6.59. The fourth-order valence-corrected chi connectivity index (χ4v) is 1.31. The Morgan fingerprint density at radius 3 is 2.87 bits per heavy atom. The number of aryl methyl sites for hydroxylation is 1. The molecule has 15 heavy (non-hydrogen) atoms. The van der Waals surface area contributed by atoms with Crippen LogP contribution in [0.1, 0.15) is 16.2 Å². The number of rotatable bonds is 2. The summed E-state index contributed by atoms with van der Waals surface area (Å²) in [7, 11) is 0. The highest BCUT2D eigenvalue weighted by molar-refractivity contribution is 5.89. The maximum atomic E-state index is 10.7. The van der Waals surface area contributed by atoms with Gasteiger partial charge in [-0.05, 0) is 12.1 Å². The molecule has 1 N–H and O–H groups in total. The van der Waals surface area contributed by atoms with E-state index in [4.69, 9.17) is 9.52 Å². The first kappa shape index (κ1) is 9.45. The average Bonchev–Trinajstić information content (AvgIpc) is 2.65. The normalized spacial score (nSPS) is 10.2. The zero-order valence-electron chi connectivity index (χ0n) is 8.10. The second-order valence-corrected chi connectivity index (χ2v) is 3.14. The van der Waals surface area contributed by atoms with E-state index >= 15 is 0 Å². The highest BCUT2D eigenvalue weighted by Gasteiger charge is 2.07. The van der Waals surface area contributed by atoms with Crippen LogP contribution < -0.4 is 0 Å². The number of carbonyl (C=O) groups is 1. The second kappa shape index (κ2) is 3.57. The summed E-state index contributed by atoms with van der Waals surface area (Å²) in [6.45, 7) is 1.74. The number of hydrogen-bond acceptors (Lipinski definition) is 3. The Balaban J connectivity index is 2.45. The van der Waals surface area contributed by atoms with Gasteiger partial charge in [-0.1, -0.05) is 12.1 Å². The number of carboxylic acid groups (broad SMARTS) is 1. The molecule has 0 spiro atoms. The highest BCUT2D eigenvalue weighted by Crippen LogP contribution is 2.19. The van der Waals surface area contributed by atoms with E-state index < -0.39 is 5.97 Å². The molecular formula is C11H9NO3. The van der Waals surface area contributed by atoms with Gasteiger partial charge in [-0.2, -0.15) is 0 Å². The highest BCUT2D eigenvalue weighted by atomic mass is 16.4. The molecule has 1 aromatic heterocycles. The van der Waals surface area contributed by atoms with Crippen LogP contribution in [0.4, 0.5) is 0 Å². The van der Waals surface area contributed by atoms with Crippen LogP contribution in [-0.2, 0) is 0 Å². The minimum Gasteiger partial charge on any atom is -0.478 e. The van der Waals surface area contributed by atoms with Crippen LogP contribution in [0.15, 0.2) is 34.9 Å². The molecule has 0 aliphatic heterocycles. The van der Waals surface area contributed by atoms with Gasteiger partial charge in [0.25, 0.3) is 0 Å². The number of benzene rings is 1. The van der Waals surface area contributed by atoms with Gasteiger partial charge in [0.15, 0.2) is 5.89 Å². The van der Waals surface area contributed by atoms with Gasteiger partial charge >= 0.3 is 5.97 Å². The van der Waals surface area contributed by atoms with E-state index in [2.05, 4.69) is 4.98 Å². The molecular weight excluding hydrogens is 194 g/mol. The summed E-state index contributed by atoms with van der Waals surface area (Å²) in [6.07, 6.45) is 1.51. The Bertz CT molecular complexity index is 502. The molecule has 0 radical (unpaired) electrons. The third-order valence-corrected chi connectivity index (χ3v) is 2.02. The largest absolute Gasteiger partial charge is 0.478 e. The molecule has 0 bridgehead atoms. The fourth-order valence-electron chi connectivity index (χ4n) is 1.31. The SMILES string of the molecule is Cc1nc(-c2cccc(C(=O)O)c2)co1. The number of carboxylic acids is 1. The first-order valence-electron chi connectivity index (χ1n) is 4.42. The molecule has 0 saturated carbocycles. The quantitative estimate of drug-likeness (QED) is 0.813. The molecule has 1 aromatic carbocycles. The van der Waals surface area contributed by atoms with Gasteiger partial charge in [0.1, 0.15) is 12.0 Å². The maximum absolute atomic E-state index is 10.7. The molecule has 0 amide bonds. The molecule has 2 aromatic rings. The van der Waals surface area contributed by atoms with Crippen molar-refractivity contribution < 1.29 is 14.3 Å².